The zero-order valence-electron chi connectivity index (χ0n) is 20.2. The molecule has 0 radical (unpaired) electrons. The second-order valence-corrected chi connectivity index (χ2v) is 9.88. The van der Waals surface area contributed by atoms with Crippen LogP contribution >= 0.6 is 0 Å². The van der Waals surface area contributed by atoms with E-state index in [4.69, 9.17) is 21.3 Å². The number of benzene rings is 4. The predicted octanol–water partition coefficient (Wildman–Crippen LogP) is 5.62. The van der Waals surface area contributed by atoms with Crippen LogP contribution in [0, 0.1) is 17.9 Å². The van der Waals surface area contributed by atoms with Crippen molar-refractivity contribution in [3.8, 4) is 17.6 Å². The summed E-state index contributed by atoms with van der Waals surface area (Å²) in [6.45, 7) is 11.3. The Morgan fingerprint density at radius 3 is 1.92 bits per heavy atom. The van der Waals surface area contributed by atoms with Crippen molar-refractivity contribution < 1.29 is 31.7 Å². The third-order valence-corrected chi connectivity index (χ3v) is 7.18. The molecule has 0 amide bonds. The van der Waals surface area contributed by atoms with Crippen LogP contribution in [0.4, 0.5) is 5.69 Å². The molecule has 7 heteroatoms. The van der Waals surface area contributed by atoms with Crippen LogP contribution in [0.25, 0.3) is 4.85 Å². The fourth-order valence-corrected chi connectivity index (χ4v) is 4.71. The Kier molecular flexibility index (Phi) is 8.58. The Morgan fingerprint density at radius 1 is 0.842 bits per heavy atom. The summed E-state index contributed by atoms with van der Waals surface area (Å²) in [5.74, 6) is 1.58. The van der Waals surface area contributed by atoms with Crippen LogP contribution in [-0.4, -0.2) is 12.4 Å². The molecule has 0 aliphatic rings. The SMILES string of the molecule is [C-]#[N+]c1ccc(C(=O)c2ccc(OC(=C)CCOc3cc[c]([Co](=[O])[c]4ccc(C#N)cc4)cc3)cc2)cc1. The number of carbonyl (C=O) groups excluding carboxylic acids is 1. The fraction of sp³-hybridized carbons (Fsp3) is 0.0645. The van der Waals surface area contributed by atoms with Crippen LogP contribution in [0.5, 0.6) is 11.5 Å². The van der Waals surface area contributed by atoms with Crippen LogP contribution in [0.1, 0.15) is 27.9 Å². The number of hydrogen-bond donors (Lipinski definition) is 0. The molecule has 0 atom stereocenters. The van der Waals surface area contributed by atoms with Gasteiger partial charge in [-0.15, -0.1) is 0 Å². The first-order valence-electron chi connectivity index (χ1n) is 11.5. The van der Waals surface area contributed by atoms with Gasteiger partial charge >= 0.3 is 162 Å². The zero-order chi connectivity index (χ0) is 26.9. The van der Waals surface area contributed by atoms with Crippen LogP contribution < -0.4 is 18.5 Å². The molecule has 6 nitrogen and oxygen atoms in total. The molecule has 4 aromatic carbocycles. The monoisotopic (exact) mass is 545 g/mol. The number of hydrogen-bond acceptors (Lipinski definition) is 5. The van der Waals surface area contributed by atoms with Crippen molar-refractivity contribution in [1.29, 1.82) is 5.26 Å². The van der Waals surface area contributed by atoms with E-state index < -0.39 is 13.6 Å². The van der Waals surface area contributed by atoms with E-state index in [1.165, 1.54) is 0 Å². The van der Waals surface area contributed by atoms with Gasteiger partial charge in [-0.25, -0.2) is 4.85 Å². The summed E-state index contributed by atoms with van der Waals surface area (Å²) in [7, 11) is 0. The number of carbonyl (C=O) groups is 1. The Bertz CT molecular complexity index is 1550. The number of nitriles is 1. The Hall–Kier alpha value is -4.82. The quantitative estimate of drug-likeness (QED) is 0.147. The third kappa shape index (κ3) is 6.68. The average molecular weight is 545 g/mol. The number of rotatable bonds is 10. The fourth-order valence-electron chi connectivity index (χ4n) is 3.38. The molecule has 0 bridgehead atoms. The van der Waals surface area contributed by atoms with E-state index in [2.05, 4.69) is 17.5 Å². The molecule has 4 rings (SSSR count). The first-order valence-corrected chi connectivity index (χ1v) is 13.0. The maximum absolute atomic E-state index is 12.8. The van der Waals surface area contributed by atoms with Crippen LogP contribution in [0.3, 0.4) is 0 Å². The number of nitrogens with zero attached hydrogens (tertiary/aromatic N) is 2. The molecule has 0 unspecified atom stereocenters. The number of ketones is 1. The summed E-state index contributed by atoms with van der Waals surface area (Å²) in [6.07, 6.45) is 0.454. The molecule has 0 saturated heterocycles. The zero-order valence-corrected chi connectivity index (χ0v) is 21.3. The second kappa shape index (κ2) is 12.4. The van der Waals surface area contributed by atoms with Crippen molar-refractivity contribution in [1.82, 2.24) is 0 Å². The smallest absolute Gasteiger partial charge is 0.0616 e. The summed E-state index contributed by atoms with van der Waals surface area (Å²) in [5, 5.41) is 8.90. The molecule has 0 heterocycles. The summed E-state index contributed by atoms with van der Waals surface area (Å²) >= 11 is -1.73. The summed E-state index contributed by atoms with van der Waals surface area (Å²) in [6, 6.07) is 29.1. The molecule has 4 aromatic rings. The standard InChI is InChI=1S/C24H18NO3.C7H4N.Co.O/c1-18(16-17-27-22-6-4-3-5-7-22)28-23-14-10-20(11-15-23)24(26)19-8-12-21(25-2)13-9-19;8-6-7-4-2-1-3-5-7;;/h4-15H,1,16-17H2;2-5H;;. The molecule has 38 heavy (non-hydrogen) atoms. The molecule has 0 aliphatic heterocycles. The van der Waals surface area contributed by atoms with Crippen molar-refractivity contribution in [2.24, 2.45) is 0 Å². The van der Waals surface area contributed by atoms with Gasteiger partial charge in [0.05, 0.1) is 6.57 Å². The van der Waals surface area contributed by atoms with Crippen molar-refractivity contribution in [2.45, 2.75) is 6.42 Å². The van der Waals surface area contributed by atoms with E-state index in [9.17, 15) is 8.66 Å². The minimum Gasteiger partial charge on any atom is -0.0616 e. The average Bonchev–Trinajstić information content (AvgIpc) is 2.97. The van der Waals surface area contributed by atoms with E-state index in [1.54, 1.807) is 97.1 Å². The Balaban J connectivity index is 1.24. The number of ether oxygens (including phenoxy) is 2. The van der Waals surface area contributed by atoms with E-state index in [0.29, 0.717) is 61.7 Å². The van der Waals surface area contributed by atoms with Gasteiger partial charge in [-0.1, -0.05) is 24.3 Å². The molecular weight excluding hydrogens is 523 g/mol. The normalized spacial score (nSPS) is 10.5. The van der Waals surface area contributed by atoms with Crippen molar-refractivity contribution in [3.63, 3.8) is 0 Å². The van der Waals surface area contributed by atoms with E-state index in [1.807, 2.05) is 0 Å². The van der Waals surface area contributed by atoms with Gasteiger partial charge in [0.15, 0.2) is 11.5 Å². The van der Waals surface area contributed by atoms with Gasteiger partial charge in [-0.2, -0.15) is 0 Å². The molecule has 0 aliphatic carbocycles. The van der Waals surface area contributed by atoms with Gasteiger partial charge in [0.25, 0.3) is 0 Å². The van der Waals surface area contributed by atoms with E-state index >= 15 is 0 Å². The maximum atomic E-state index is 12.8. The van der Waals surface area contributed by atoms with Gasteiger partial charge in [-0.3, -0.25) is 4.79 Å². The minimum absolute atomic E-state index is 0.132. The van der Waals surface area contributed by atoms with E-state index in [0.717, 1.165) is 0 Å². The molecule has 0 saturated carbocycles. The van der Waals surface area contributed by atoms with Crippen LogP contribution in [-0.2, 0) is 17.5 Å². The summed E-state index contributed by atoms with van der Waals surface area (Å²) < 4.78 is 25.6. The van der Waals surface area contributed by atoms with E-state index in [-0.39, 0.29) is 5.78 Å². The third-order valence-electron chi connectivity index (χ3n) is 5.39. The first kappa shape index (κ1) is 26.2. The van der Waals surface area contributed by atoms with Crippen molar-refractivity contribution >= 4 is 20.5 Å². The molecular formula is C31H22CoN2O4. The van der Waals surface area contributed by atoms with Gasteiger partial charge in [-0.05, 0) is 0 Å². The molecule has 189 valence electrons. The molecule has 0 N–H and O–H groups in total. The van der Waals surface area contributed by atoms with Crippen LogP contribution in [0.15, 0.2) is 109 Å². The molecule has 0 spiro atoms. The molecule has 0 aromatic heterocycles. The van der Waals surface area contributed by atoms with Gasteiger partial charge in [0.1, 0.15) is 0 Å². The van der Waals surface area contributed by atoms with Crippen molar-refractivity contribution in [3.05, 3.63) is 138 Å². The Morgan fingerprint density at radius 2 is 1.37 bits per heavy atom. The van der Waals surface area contributed by atoms with Gasteiger partial charge in [0.2, 0.25) is 0 Å². The summed E-state index contributed by atoms with van der Waals surface area (Å²) in [4.78, 5) is 16.0. The van der Waals surface area contributed by atoms with Gasteiger partial charge < -0.3 is 0 Å². The van der Waals surface area contributed by atoms with Crippen molar-refractivity contribution in [2.75, 3.05) is 6.61 Å². The predicted molar refractivity (Wildman–Crippen MR) is 140 cm³/mol. The Labute approximate surface area is 225 Å². The minimum atomic E-state index is -1.73. The second-order valence-electron chi connectivity index (χ2n) is 7.99. The van der Waals surface area contributed by atoms with Crippen LogP contribution in [0.2, 0.25) is 0 Å². The molecule has 0 fully saturated rings. The first-order chi connectivity index (χ1) is 18.5. The topological polar surface area (TPSA) is 80.8 Å². The summed E-state index contributed by atoms with van der Waals surface area (Å²) in [5.41, 5.74) is 2.05. The van der Waals surface area contributed by atoms with Gasteiger partial charge in [0, 0.05) is 11.1 Å².